The molecule has 6 nitrogen and oxygen atoms in total. The van der Waals surface area contributed by atoms with Gasteiger partial charge in [-0.1, -0.05) is 0 Å². The maximum absolute atomic E-state index is 14.1. The van der Waals surface area contributed by atoms with Crippen LogP contribution in [0.25, 0.3) is 11.0 Å². The lowest BCUT2D eigenvalue weighted by Crippen LogP contribution is -2.56. The fourth-order valence-corrected chi connectivity index (χ4v) is 2.60. The van der Waals surface area contributed by atoms with E-state index in [1.54, 1.807) is 19.1 Å². The molecule has 1 aliphatic heterocycles. The zero-order valence-electron chi connectivity index (χ0n) is 12.6. The van der Waals surface area contributed by atoms with Crippen LogP contribution < -0.4 is 10.4 Å². The zero-order chi connectivity index (χ0) is 16.7. The Morgan fingerprint density at radius 3 is 2.70 bits per heavy atom. The number of alkyl halides is 1. The molecule has 1 saturated heterocycles. The first-order chi connectivity index (χ1) is 10.9. The van der Waals surface area contributed by atoms with Gasteiger partial charge in [0.2, 0.25) is 6.29 Å². The van der Waals surface area contributed by atoms with E-state index < -0.39 is 36.4 Å². The number of hydrogen-bond donors (Lipinski definition) is 2. The van der Waals surface area contributed by atoms with Gasteiger partial charge in [-0.15, -0.1) is 0 Å². The second-order valence-corrected chi connectivity index (χ2v) is 5.66. The van der Waals surface area contributed by atoms with Crippen LogP contribution in [0.2, 0.25) is 0 Å². The van der Waals surface area contributed by atoms with E-state index in [-0.39, 0.29) is 5.75 Å². The molecule has 5 atom stereocenters. The molecule has 3 rings (SSSR count). The Bertz CT molecular complexity index is 773. The highest BCUT2D eigenvalue weighted by molar-refractivity contribution is 5.81. The van der Waals surface area contributed by atoms with E-state index in [0.717, 1.165) is 10.9 Å². The fraction of sp³-hybridized carbons (Fsp3) is 0.438. The summed E-state index contributed by atoms with van der Waals surface area (Å²) in [5.74, 6) is 0.231. The second-order valence-electron chi connectivity index (χ2n) is 5.66. The molecule has 0 aliphatic carbocycles. The van der Waals surface area contributed by atoms with Crippen LogP contribution in [0.4, 0.5) is 4.39 Å². The van der Waals surface area contributed by atoms with Crippen LogP contribution in [0.15, 0.2) is 33.5 Å². The van der Waals surface area contributed by atoms with E-state index >= 15 is 0 Å². The summed E-state index contributed by atoms with van der Waals surface area (Å²) in [7, 11) is 0. The Morgan fingerprint density at radius 2 is 1.96 bits per heavy atom. The monoisotopic (exact) mass is 324 g/mol. The van der Waals surface area contributed by atoms with Crippen molar-refractivity contribution in [3.05, 3.63) is 40.2 Å². The van der Waals surface area contributed by atoms with Gasteiger partial charge in [0.25, 0.3) is 0 Å². The van der Waals surface area contributed by atoms with E-state index in [9.17, 15) is 19.4 Å². The average Bonchev–Trinajstić information content (AvgIpc) is 2.50. The van der Waals surface area contributed by atoms with E-state index in [2.05, 4.69) is 0 Å². The summed E-state index contributed by atoms with van der Waals surface area (Å²) in [4.78, 5) is 11.4. The Morgan fingerprint density at radius 1 is 1.22 bits per heavy atom. The van der Waals surface area contributed by atoms with E-state index in [0.29, 0.717) is 5.58 Å². The summed E-state index contributed by atoms with van der Waals surface area (Å²) < 4.78 is 29.8. The summed E-state index contributed by atoms with van der Waals surface area (Å²) in [5.41, 5.74) is 0.580. The van der Waals surface area contributed by atoms with Crippen molar-refractivity contribution in [1.82, 2.24) is 0 Å². The van der Waals surface area contributed by atoms with Gasteiger partial charge in [0, 0.05) is 17.5 Å². The zero-order valence-corrected chi connectivity index (χ0v) is 12.6. The van der Waals surface area contributed by atoms with Gasteiger partial charge in [-0.25, -0.2) is 9.18 Å². The number of benzene rings is 1. The van der Waals surface area contributed by atoms with Crippen LogP contribution in [0.5, 0.6) is 5.75 Å². The van der Waals surface area contributed by atoms with Crippen molar-refractivity contribution in [3.63, 3.8) is 0 Å². The molecular weight excluding hydrogens is 307 g/mol. The van der Waals surface area contributed by atoms with Gasteiger partial charge in [-0.05, 0) is 31.5 Å². The molecule has 124 valence electrons. The lowest BCUT2D eigenvalue weighted by Gasteiger charge is -2.37. The predicted molar refractivity (Wildman–Crippen MR) is 79.1 cm³/mol. The van der Waals surface area contributed by atoms with Crippen molar-refractivity contribution >= 4 is 11.0 Å². The second kappa shape index (κ2) is 5.92. The molecule has 2 N–H and O–H groups in total. The number of hydrogen-bond acceptors (Lipinski definition) is 6. The highest BCUT2D eigenvalue weighted by atomic mass is 19.1. The molecule has 1 aliphatic rings. The highest BCUT2D eigenvalue weighted by Crippen LogP contribution is 2.28. The number of aliphatic hydroxyl groups excluding tert-OH is 2. The number of fused-ring (bicyclic) bond motifs is 1. The van der Waals surface area contributed by atoms with Crippen LogP contribution in [0.3, 0.4) is 0 Å². The SMILES string of the molecule is Cc1cc(=O)oc2cc(O[C@@H]3O[C@@H](C)[C@@H](O)[C@@H](O)[C@@H]3F)ccc12. The van der Waals surface area contributed by atoms with Crippen LogP contribution in [-0.4, -0.2) is 41.0 Å². The molecule has 7 heteroatoms. The van der Waals surface area contributed by atoms with Crippen molar-refractivity contribution in [2.45, 2.75) is 44.6 Å². The normalized spacial score (nSPS) is 31.3. The van der Waals surface area contributed by atoms with Gasteiger partial charge in [0.15, 0.2) is 6.17 Å². The molecule has 0 saturated carbocycles. The van der Waals surface area contributed by atoms with Crippen LogP contribution >= 0.6 is 0 Å². The van der Waals surface area contributed by atoms with E-state index in [1.807, 2.05) is 0 Å². The maximum atomic E-state index is 14.1. The maximum Gasteiger partial charge on any atom is 0.336 e. The Labute approximate surface area is 131 Å². The molecule has 1 aromatic heterocycles. The molecule has 0 spiro atoms. The third-order valence-electron chi connectivity index (χ3n) is 3.94. The van der Waals surface area contributed by atoms with Gasteiger partial charge in [0.1, 0.15) is 23.5 Å². The summed E-state index contributed by atoms with van der Waals surface area (Å²) in [6.45, 7) is 3.29. The van der Waals surface area contributed by atoms with Crippen molar-refractivity contribution < 1.29 is 28.5 Å². The lowest BCUT2D eigenvalue weighted by atomic mass is 10.0. The minimum absolute atomic E-state index is 0.231. The van der Waals surface area contributed by atoms with Crippen molar-refractivity contribution in [2.24, 2.45) is 0 Å². The van der Waals surface area contributed by atoms with Crippen molar-refractivity contribution in [1.29, 1.82) is 0 Å². The number of rotatable bonds is 2. The molecule has 1 fully saturated rings. The molecule has 23 heavy (non-hydrogen) atoms. The largest absolute Gasteiger partial charge is 0.461 e. The minimum atomic E-state index is -1.90. The summed E-state index contributed by atoms with van der Waals surface area (Å²) in [5, 5.41) is 20.0. The molecule has 0 bridgehead atoms. The van der Waals surface area contributed by atoms with Crippen molar-refractivity contribution in [3.8, 4) is 5.75 Å². The quantitative estimate of drug-likeness (QED) is 0.809. The molecule has 2 aromatic rings. The van der Waals surface area contributed by atoms with Crippen LogP contribution in [0, 0.1) is 6.92 Å². The first-order valence-corrected chi connectivity index (χ1v) is 7.23. The number of aliphatic hydroxyl groups is 2. The van der Waals surface area contributed by atoms with Gasteiger partial charge >= 0.3 is 5.63 Å². The fourth-order valence-electron chi connectivity index (χ4n) is 2.60. The topological polar surface area (TPSA) is 89.1 Å². The first kappa shape index (κ1) is 15.9. The molecule has 0 unspecified atom stereocenters. The molecule has 0 amide bonds. The Kier molecular flexibility index (Phi) is 4.09. The number of ether oxygens (including phenoxy) is 2. The van der Waals surface area contributed by atoms with Gasteiger partial charge in [-0.2, -0.15) is 0 Å². The first-order valence-electron chi connectivity index (χ1n) is 7.23. The summed E-state index contributed by atoms with van der Waals surface area (Å²) >= 11 is 0. The number of halogens is 1. The standard InChI is InChI=1S/C16H17FO6/c1-7-5-12(18)23-11-6-9(3-4-10(7)11)22-16-13(17)15(20)14(19)8(2)21-16/h3-6,8,13-16,19-20H,1-2H3/t8-,13-,14+,15-,16-/m0/s1. The van der Waals surface area contributed by atoms with Gasteiger partial charge in [-0.3, -0.25) is 0 Å². The van der Waals surface area contributed by atoms with Crippen LogP contribution in [0.1, 0.15) is 12.5 Å². The van der Waals surface area contributed by atoms with Gasteiger partial charge < -0.3 is 24.1 Å². The van der Waals surface area contributed by atoms with E-state index in [4.69, 9.17) is 13.9 Å². The highest BCUT2D eigenvalue weighted by Gasteiger charge is 2.44. The molecule has 0 radical (unpaired) electrons. The average molecular weight is 324 g/mol. The molecular formula is C16H17FO6. The van der Waals surface area contributed by atoms with Crippen molar-refractivity contribution in [2.75, 3.05) is 0 Å². The van der Waals surface area contributed by atoms with E-state index in [1.165, 1.54) is 19.1 Å². The molecule has 1 aromatic carbocycles. The third kappa shape index (κ3) is 2.95. The summed E-state index contributed by atoms with van der Waals surface area (Å²) in [6.07, 6.45) is -6.95. The molecule has 2 heterocycles. The smallest absolute Gasteiger partial charge is 0.336 e. The predicted octanol–water partition coefficient (Wildman–Crippen LogP) is 1.28. The number of aryl methyl sites for hydroxylation is 1. The third-order valence-corrected chi connectivity index (χ3v) is 3.94. The van der Waals surface area contributed by atoms with Crippen LogP contribution in [-0.2, 0) is 4.74 Å². The van der Waals surface area contributed by atoms with Gasteiger partial charge in [0.05, 0.1) is 6.10 Å². The lowest BCUT2D eigenvalue weighted by molar-refractivity contribution is -0.251. The Balaban J connectivity index is 1.88. The minimum Gasteiger partial charge on any atom is -0.461 e. The Hall–Kier alpha value is -1.96. The summed E-state index contributed by atoms with van der Waals surface area (Å²) in [6, 6.07) is 6.12.